The first kappa shape index (κ1) is 11.3. The number of nitrogens with one attached hydrogen (secondary N) is 1. The lowest BCUT2D eigenvalue weighted by atomic mass is 9.85. The van der Waals surface area contributed by atoms with Crippen LogP contribution < -0.4 is 5.32 Å². The maximum absolute atomic E-state index is 5.46. The Morgan fingerprint density at radius 1 is 1.43 bits per heavy atom. The Kier molecular flexibility index (Phi) is 3.76. The molecule has 0 amide bonds. The van der Waals surface area contributed by atoms with Gasteiger partial charge in [0.2, 0.25) is 0 Å². The SMILES string of the molecule is CCCNC(c1ccco1)C(C)(C)C. The molecule has 0 aliphatic rings. The van der Waals surface area contributed by atoms with E-state index in [9.17, 15) is 0 Å². The highest BCUT2D eigenvalue weighted by Gasteiger charge is 2.27. The standard InChI is InChI=1S/C12H21NO/c1-5-8-13-11(12(2,3)4)10-7-6-9-14-10/h6-7,9,11,13H,5,8H2,1-4H3. The van der Waals surface area contributed by atoms with Gasteiger partial charge in [0.25, 0.3) is 0 Å². The molecule has 0 radical (unpaired) electrons. The first-order chi connectivity index (χ1) is 6.55. The van der Waals surface area contributed by atoms with Crippen molar-refractivity contribution < 1.29 is 4.42 Å². The van der Waals surface area contributed by atoms with Crippen molar-refractivity contribution in [1.82, 2.24) is 5.32 Å². The van der Waals surface area contributed by atoms with E-state index >= 15 is 0 Å². The maximum Gasteiger partial charge on any atom is 0.121 e. The van der Waals surface area contributed by atoms with E-state index in [0.717, 1.165) is 18.7 Å². The van der Waals surface area contributed by atoms with Gasteiger partial charge in [-0.05, 0) is 30.5 Å². The van der Waals surface area contributed by atoms with Gasteiger partial charge in [-0.25, -0.2) is 0 Å². The fourth-order valence-corrected chi connectivity index (χ4v) is 1.58. The molecule has 0 saturated carbocycles. The highest BCUT2D eigenvalue weighted by atomic mass is 16.3. The molecule has 1 rings (SSSR count). The van der Waals surface area contributed by atoms with Crippen molar-refractivity contribution in [2.45, 2.75) is 40.2 Å². The van der Waals surface area contributed by atoms with Gasteiger partial charge < -0.3 is 9.73 Å². The number of hydrogen-bond acceptors (Lipinski definition) is 2. The molecule has 0 aliphatic heterocycles. The van der Waals surface area contributed by atoms with Crippen LogP contribution in [0, 0.1) is 5.41 Å². The zero-order valence-corrected chi connectivity index (χ0v) is 9.63. The van der Waals surface area contributed by atoms with E-state index in [0.29, 0.717) is 6.04 Å². The van der Waals surface area contributed by atoms with Crippen LogP contribution in [0.4, 0.5) is 0 Å². The molecule has 0 aromatic carbocycles. The molecule has 1 atom stereocenters. The topological polar surface area (TPSA) is 25.2 Å². The lowest BCUT2D eigenvalue weighted by Gasteiger charge is -2.29. The van der Waals surface area contributed by atoms with Gasteiger partial charge in [-0.1, -0.05) is 27.7 Å². The van der Waals surface area contributed by atoms with Gasteiger partial charge in [0.15, 0.2) is 0 Å². The van der Waals surface area contributed by atoms with Crippen molar-refractivity contribution >= 4 is 0 Å². The first-order valence-corrected chi connectivity index (χ1v) is 5.32. The number of furan rings is 1. The average Bonchev–Trinajstić information content (AvgIpc) is 2.55. The minimum Gasteiger partial charge on any atom is -0.468 e. The molecule has 0 bridgehead atoms. The third-order valence-electron chi connectivity index (χ3n) is 2.29. The predicted molar refractivity (Wildman–Crippen MR) is 59.2 cm³/mol. The number of rotatable bonds is 4. The molecular weight excluding hydrogens is 174 g/mol. The maximum atomic E-state index is 5.46. The van der Waals surface area contributed by atoms with Crippen LogP contribution in [0.25, 0.3) is 0 Å². The van der Waals surface area contributed by atoms with Gasteiger partial charge in [0, 0.05) is 0 Å². The predicted octanol–water partition coefficient (Wildman–Crippen LogP) is 3.37. The van der Waals surface area contributed by atoms with Crippen molar-refractivity contribution in [3.63, 3.8) is 0 Å². The van der Waals surface area contributed by atoms with Crippen LogP contribution in [0.5, 0.6) is 0 Å². The Morgan fingerprint density at radius 3 is 2.57 bits per heavy atom. The quantitative estimate of drug-likeness (QED) is 0.797. The molecular formula is C12H21NO. The van der Waals surface area contributed by atoms with Crippen molar-refractivity contribution in [3.05, 3.63) is 24.2 Å². The van der Waals surface area contributed by atoms with E-state index in [1.165, 1.54) is 0 Å². The summed E-state index contributed by atoms with van der Waals surface area (Å²) in [5, 5.41) is 3.52. The Balaban J connectivity index is 2.73. The van der Waals surface area contributed by atoms with Crippen molar-refractivity contribution in [3.8, 4) is 0 Å². The molecule has 0 saturated heterocycles. The molecule has 1 heterocycles. The van der Waals surface area contributed by atoms with Crippen LogP contribution in [-0.2, 0) is 0 Å². The van der Waals surface area contributed by atoms with Crippen LogP contribution >= 0.6 is 0 Å². The van der Waals surface area contributed by atoms with Gasteiger partial charge in [-0.3, -0.25) is 0 Å². The molecule has 0 fully saturated rings. The first-order valence-electron chi connectivity index (χ1n) is 5.32. The molecule has 0 spiro atoms. The molecule has 1 unspecified atom stereocenters. The zero-order chi connectivity index (χ0) is 10.6. The molecule has 2 heteroatoms. The third kappa shape index (κ3) is 2.88. The summed E-state index contributed by atoms with van der Waals surface area (Å²) < 4.78 is 5.46. The van der Waals surface area contributed by atoms with Crippen LogP contribution in [0.3, 0.4) is 0 Å². The van der Waals surface area contributed by atoms with Gasteiger partial charge in [0.1, 0.15) is 5.76 Å². The smallest absolute Gasteiger partial charge is 0.121 e. The highest BCUT2D eigenvalue weighted by molar-refractivity contribution is 5.07. The second kappa shape index (κ2) is 4.65. The Hall–Kier alpha value is -0.760. The average molecular weight is 195 g/mol. The summed E-state index contributed by atoms with van der Waals surface area (Å²) in [6.45, 7) is 9.88. The lowest BCUT2D eigenvalue weighted by molar-refractivity contribution is 0.238. The second-order valence-electron chi connectivity index (χ2n) is 4.77. The van der Waals surface area contributed by atoms with Crippen LogP contribution in [-0.4, -0.2) is 6.54 Å². The molecule has 1 N–H and O–H groups in total. The van der Waals surface area contributed by atoms with Gasteiger partial charge in [-0.15, -0.1) is 0 Å². The molecule has 2 nitrogen and oxygen atoms in total. The van der Waals surface area contributed by atoms with Gasteiger partial charge in [-0.2, -0.15) is 0 Å². The summed E-state index contributed by atoms with van der Waals surface area (Å²) in [5.41, 5.74) is 0.188. The highest BCUT2D eigenvalue weighted by Crippen LogP contribution is 2.32. The van der Waals surface area contributed by atoms with Crippen molar-refractivity contribution in [2.75, 3.05) is 6.54 Å². The van der Waals surface area contributed by atoms with E-state index < -0.39 is 0 Å². The Bertz CT molecular complexity index is 246. The lowest BCUT2D eigenvalue weighted by Crippen LogP contribution is -2.32. The molecule has 80 valence electrons. The summed E-state index contributed by atoms with van der Waals surface area (Å²) in [6, 6.07) is 4.29. The molecule has 1 aromatic heterocycles. The van der Waals surface area contributed by atoms with Crippen molar-refractivity contribution in [2.24, 2.45) is 5.41 Å². The van der Waals surface area contributed by atoms with Crippen LogP contribution in [0.1, 0.15) is 45.9 Å². The summed E-state index contributed by atoms with van der Waals surface area (Å²) in [4.78, 5) is 0. The number of hydrogen-bond donors (Lipinski definition) is 1. The van der Waals surface area contributed by atoms with Crippen LogP contribution in [0.2, 0.25) is 0 Å². The third-order valence-corrected chi connectivity index (χ3v) is 2.29. The Labute approximate surface area is 86.7 Å². The zero-order valence-electron chi connectivity index (χ0n) is 9.63. The molecule has 1 aromatic rings. The fourth-order valence-electron chi connectivity index (χ4n) is 1.58. The van der Waals surface area contributed by atoms with Crippen molar-refractivity contribution in [1.29, 1.82) is 0 Å². The molecule has 0 aliphatic carbocycles. The largest absolute Gasteiger partial charge is 0.468 e. The van der Waals surface area contributed by atoms with E-state index in [-0.39, 0.29) is 5.41 Å². The van der Waals surface area contributed by atoms with E-state index in [1.807, 2.05) is 12.1 Å². The summed E-state index contributed by atoms with van der Waals surface area (Å²) in [7, 11) is 0. The molecule has 14 heavy (non-hydrogen) atoms. The van der Waals surface area contributed by atoms with Gasteiger partial charge >= 0.3 is 0 Å². The summed E-state index contributed by atoms with van der Waals surface area (Å²) in [6.07, 6.45) is 2.88. The van der Waals surface area contributed by atoms with Crippen LogP contribution in [0.15, 0.2) is 22.8 Å². The monoisotopic (exact) mass is 195 g/mol. The second-order valence-corrected chi connectivity index (χ2v) is 4.77. The van der Waals surface area contributed by atoms with Gasteiger partial charge in [0.05, 0.1) is 12.3 Å². The van der Waals surface area contributed by atoms with E-state index in [4.69, 9.17) is 4.42 Å². The van der Waals surface area contributed by atoms with E-state index in [2.05, 4.69) is 33.0 Å². The summed E-state index contributed by atoms with van der Waals surface area (Å²) in [5.74, 6) is 1.03. The normalized spacial score (nSPS) is 14.3. The van der Waals surface area contributed by atoms with E-state index in [1.54, 1.807) is 6.26 Å². The Morgan fingerprint density at radius 2 is 2.14 bits per heavy atom. The summed E-state index contributed by atoms with van der Waals surface area (Å²) >= 11 is 0. The minimum atomic E-state index is 0.188. The minimum absolute atomic E-state index is 0.188. The fraction of sp³-hybridized carbons (Fsp3) is 0.667.